The Morgan fingerprint density at radius 1 is 1.13 bits per heavy atom. The van der Waals surface area contributed by atoms with E-state index in [9.17, 15) is 19.5 Å². The Labute approximate surface area is 268 Å². The standard InChI is InChI=1S/C33H46F2N4O7/c1-17(2)26(40)25-19(4)24(15-39(25)30(41)28(32(5,6)7)38-31(42)43)46-29-27(33(34,35)16-45-12-11-20-13-18(20)3)36-22-10-9-21(44-8)14-23(22)37-29/h9-10,14,17-20,24-25,28,38H,11-13,15-16H2,1-8H3,(H,42,43). The lowest BCUT2D eigenvalue weighted by Crippen LogP contribution is -2.57. The Morgan fingerprint density at radius 3 is 2.37 bits per heavy atom. The van der Waals surface area contributed by atoms with Gasteiger partial charge in [-0.3, -0.25) is 9.59 Å². The fourth-order valence-corrected chi connectivity index (χ4v) is 5.94. The van der Waals surface area contributed by atoms with Gasteiger partial charge in [-0.1, -0.05) is 48.5 Å². The van der Waals surface area contributed by atoms with Gasteiger partial charge in [-0.15, -0.1) is 0 Å². The molecule has 1 aromatic heterocycles. The molecule has 0 spiro atoms. The van der Waals surface area contributed by atoms with Crippen LogP contribution in [0.3, 0.4) is 0 Å². The number of ketones is 1. The molecule has 1 aliphatic heterocycles. The van der Waals surface area contributed by atoms with Crippen molar-refractivity contribution in [3.05, 3.63) is 23.9 Å². The minimum Gasteiger partial charge on any atom is -0.497 e. The maximum Gasteiger partial charge on any atom is 0.405 e. The first kappa shape index (κ1) is 35.2. The first-order valence-corrected chi connectivity index (χ1v) is 15.8. The highest BCUT2D eigenvalue weighted by Gasteiger charge is 2.51. The van der Waals surface area contributed by atoms with Crippen molar-refractivity contribution in [2.75, 3.05) is 26.9 Å². The van der Waals surface area contributed by atoms with Crippen LogP contribution in [0.25, 0.3) is 11.0 Å². The molecule has 4 rings (SSSR count). The van der Waals surface area contributed by atoms with Crippen LogP contribution < -0.4 is 14.8 Å². The number of carboxylic acid groups (broad SMARTS) is 1. The van der Waals surface area contributed by atoms with Crippen LogP contribution in [0.15, 0.2) is 18.2 Å². The molecular weight excluding hydrogens is 602 g/mol. The van der Waals surface area contributed by atoms with E-state index in [1.165, 1.54) is 18.1 Å². The monoisotopic (exact) mass is 648 g/mol. The summed E-state index contributed by atoms with van der Waals surface area (Å²) in [6, 6.07) is 2.51. The molecular formula is C33H46F2N4O7. The van der Waals surface area contributed by atoms with Gasteiger partial charge in [0.2, 0.25) is 11.8 Å². The first-order valence-electron chi connectivity index (χ1n) is 15.8. The van der Waals surface area contributed by atoms with Crippen molar-refractivity contribution in [2.24, 2.45) is 29.1 Å². The normalized spacial score (nSPS) is 23.8. The number of alkyl halides is 2. The van der Waals surface area contributed by atoms with Gasteiger partial charge in [-0.05, 0) is 42.2 Å². The molecule has 2 fully saturated rings. The van der Waals surface area contributed by atoms with Crippen molar-refractivity contribution < 1.29 is 42.5 Å². The van der Waals surface area contributed by atoms with Crippen LogP contribution in [0.4, 0.5) is 13.6 Å². The zero-order valence-corrected chi connectivity index (χ0v) is 27.8. The van der Waals surface area contributed by atoms with Crippen LogP contribution >= 0.6 is 0 Å². The number of nitrogens with one attached hydrogen (secondary N) is 1. The van der Waals surface area contributed by atoms with Crippen LogP contribution in [0.1, 0.15) is 67.0 Å². The Balaban J connectivity index is 1.69. The molecule has 0 bridgehead atoms. The summed E-state index contributed by atoms with van der Waals surface area (Å²) in [4.78, 5) is 49.0. The Bertz CT molecular complexity index is 1450. The Hall–Kier alpha value is -3.61. The number of hydrogen-bond donors (Lipinski definition) is 2. The second-order valence-corrected chi connectivity index (χ2v) is 14.0. The molecule has 2 heterocycles. The summed E-state index contributed by atoms with van der Waals surface area (Å²) in [5, 5.41) is 11.8. The maximum atomic E-state index is 15.8. The lowest BCUT2D eigenvalue weighted by Gasteiger charge is -2.35. The maximum absolute atomic E-state index is 15.8. The van der Waals surface area contributed by atoms with Crippen LogP contribution in [-0.2, 0) is 20.2 Å². The third-order valence-electron chi connectivity index (χ3n) is 8.96. The molecule has 2 aliphatic rings. The number of amides is 2. The van der Waals surface area contributed by atoms with Gasteiger partial charge in [0.25, 0.3) is 0 Å². The summed E-state index contributed by atoms with van der Waals surface area (Å²) < 4.78 is 48.6. The topological polar surface area (TPSA) is 140 Å². The van der Waals surface area contributed by atoms with E-state index >= 15 is 8.78 Å². The molecule has 2 N–H and O–H groups in total. The fourth-order valence-electron chi connectivity index (χ4n) is 5.94. The summed E-state index contributed by atoms with van der Waals surface area (Å²) in [6.07, 6.45) is -0.557. The first-order chi connectivity index (χ1) is 21.4. The lowest BCUT2D eigenvalue weighted by molar-refractivity contribution is -0.143. The van der Waals surface area contributed by atoms with E-state index in [0.29, 0.717) is 24.0 Å². The van der Waals surface area contributed by atoms with Crippen molar-refractivity contribution in [1.29, 1.82) is 0 Å². The number of carbonyl (C=O) groups excluding carboxylic acids is 2. The molecule has 6 unspecified atom stereocenters. The third-order valence-corrected chi connectivity index (χ3v) is 8.96. The smallest absolute Gasteiger partial charge is 0.405 e. The Kier molecular flexibility index (Phi) is 10.4. The molecule has 2 amide bonds. The van der Waals surface area contributed by atoms with E-state index in [4.69, 9.17) is 14.2 Å². The SMILES string of the molecule is COc1ccc2nc(C(F)(F)COCCC3CC3C)c(OC3CN(C(=O)C(NC(=O)O)C(C)(C)C)C(C(=O)C(C)C)C3C)nc2c1. The predicted molar refractivity (Wildman–Crippen MR) is 166 cm³/mol. The van der Waals surface area contributed by atoms with Crippen LogP contribution in [0, 0.1) is 29.1 Å². The number of likely N-dealkylation sites (tertiary alicyclic amines) is 1. The quantitative estimate of drug-likeness (QED) is 0.277. The Morgan fingerprint density at radius 2 is 1.80 bits per heavy atom. The highest BCUT2D eigenvalue weighted by atomic mass is 19.3. The highest BCUT2D eigenvalue weighted by Crippen LogP contribution is 2.41. The molecule has 254 valence electrons. The van der Waals surface area contributed by atoms with E-state index in [2.05, 4.69) is 22.2 Å². The van der Waals surface area contributed by atoms with Gasteiger partial charge in [-0.25, -0.2) is 14.8 Å². The molecule has 0 radical (unpaired) electrons. The van der Waals surface area contributed by atoms with Crippen molar-refractivity contribution in [3.63, 3.8) is 0 Å². The van der Waals surface area contributed by atoms with Crippen LogP contribution in [0.5, 0.6) is 11.6 Å². The predicted octanol–water partition coefficient (Wildman–Crippen LogP) is 5.29. The number of rotatable bonds is 13. The number of carbonyl (C=O) groups is 3. The van der Waals surface area contributed by atoms with Crippen molar-refractivity contribution in [3.8, 4) is 11.6 Å². The number of hydrogen-bond acceptors (Lipinski definition) is 8. The van der Waals surface area contributed by atoms with Gasteiger partial charge < -0.3 is 29.5 Å². The zero-order chi connectivity index (χ0) is 34.1. The molecule has 1 aromatic carbocycles. The molecule has 2 aromatic rings. The molecule has 6 atom stereocenters. The largest absolute Gasteiger partial charge is 0.497 e. The van der Waals surface area contributed by atoms with E-state index < -0.39 is 71.5 Å². The molecule has 1 saturated heterocycles. The molecule has 11 nitrogen and oxygen atoms in total. The minimum atomic E-state index is -3.57. The van der Waals surface area contributed by atoms with Gasteiger partial charge in [0.15, 0.2) is 11.5 Å². The average Bonchev–Trinajstić information content (AvgIpc) is 3.59. The van der Waals surface area contributed by atoms with Crippen molar-refractivity contribution in [1.82, 2.24) is 20.2 Å². The van der Waals surface area contributed by atoms with Crippen molar-refractivity contribution in [2.45, 2.75) is 85.4 Å². The summed E-state index contributed by atoms with van der Waals surface area (Å²) in [5.74, 6) is -4.48. The number of halogens is 2. The number of benzene rings is 1. The van der Waals surface area contributed by atoms with E-state index in [-0.39, 0.29) is 30.0 Å². The third kappa shape index (κ3) is 7.84. The molecule has 1 saturated carbocycles. The summed E-state index contributed by atoms with van der Waals surface area (Å²) in [6.45, 7) is 11.5. The van der Waals surface area contributed by atoms with E-state index in [0.717, 1.165) is 6.42 Å². The average molecular weight is 649 g/mol. The van der Waals surface area contributed by atoms with Gasteiger partial charge in [0.05, 0.1) is 30.7 Å². The van der Waals surface area contributed by atoms with Gasteiger partial charge in [0, 0.05) is 24.5 Å². The summed E-state index contributed by atoms with van der Waals surface area (Å²) in [7, 11) is 1.47. The number of aromatic nitrogens is 2. The molecule has 46 heavy (non-hydrogen) atoms. The number of fused-ring (bicyclic) bond motifs is 1. The minimum absolute atomic E-state index is 0.157. The molecule has 1 aliphatic carbocycles. The number of Topliss-reactive ketones (excluding diaryl/α,β-unsaturated/α-hetero) is 1. The van der Waals surface area contributed by atoms with Crippen molar-refractivity contribution >= 4 is 28.8 Å². The van der Waals surface area contributed by atoms with Gasteiger partial charge >= 0.3 is 12.0 Å². The number of ether oxygens (including phenoxy) is 3. The van der Waals surface area contributed by atoms with Crippen LogP contribution in [-0.4, -0.2) is 82.8 Å². The highest BCUT2D eigenvalue weighted by molar-refractivity contribution is 5.94. The van der Waals surface area contributed by atoms with Gasteiger partial charge in [0.1, 0.15) is 24.5 Å². The summed E-state index contributed by atoms with van der Waals surface area (Å²) in [5.41, 5.74) is -1.09. The second-order valence-electron chi connectivity index (χ2n) is 14.0. The lowest BCUT2D eigenvalue weighted by atomic mass is 9.85. The molecule has 13 heteroatoms. The van der Waals surface area contributed by atoms with Gasteiger partial charge in [-0.2, -0.15) is 8.78 Å². The number of nitrogens with zero attached hydrogens (tertiary/aromatic N) is 3. The number of methoxy groups -OCH3 is 1. The zero-order valence-electron chi connectivity index (χ0n) is 27.8. The van der Waals surface area contributed by atoms with E-state index in [1.54, 1.807) is 53.7 Å². The fraction of sp³-hybridized carbons (Fsp3) is 0.667. The second kappa shape index (κ2) is 13.6. The van der Waals surface area contributed by atoms with Crippen LogP contribution in [0.2, 0.25) is 0 Å². The summed E-state index contributed by atoms with van der Waals surface area (Å²) >= 11 is 0. The van der Waals surface area contributed by atoms with E-state index in [1.807, 2.05) is 0 Å².